The Morgan fingerprint density at radius 2 is 1.72 bits per heavy atom. The summed E-state index contributed by atoms with van der Waals surface area (Å²) in [6.07, 6.45) is 3.49. The molecule has 1 aromatic heterocycles. The number of hydrogen-bond donors (Lipinski definition) is 1. The van der Waals surface area contributed by atoms with Crippen molar-refractivity contribution in [1.29, 1.82) is 0 Å². The highest BCUT2D eigenvalue weighted by molar-refractivity contribution is 6.30. The van der Waals surface area contributed by atoms with E-state index in [2.05, 4.69) is 15.5 Å². The first-order chi connectivity index (χ1) is 15.3. The smallest absolute Gasteiger partial charge is 0.258 e. The Kier molecular flexibility index (Phi) is 6.93. The zero-order chi connectivity index (χ0) is 22.7. The number of nitrogens with zero attached hydrogens (tertiary/aromatic N) is 2. The monoisotopic (exact) mass is 471 g/mol. The predicted octanol–water partition coefficient (Wildman–Crippen LogP) is 5.38. The zero-order valence-electron chi connectivity index (χ0n) is 17.5. The maximum atomic E-state index is 13.4. The van der Waals surface area contributed by atoms with Crippen LogP contribution in [-0.2, 0) is 4.79 Å². The summed E-state index contributed by atoms with van der Waals surface area (Å²) in [5, 5.41) is 11.2. The van der Waals surface area contributed by atoms with Gasteiger partial charge in [0.15, 0.2) is 6.61 Å². The van der Waals surface area contributed by atoms with Crippen LogP contribution < -0.4 is 10.1 Å². The first-order valence-corrected chi connectivity index (χ1v) is 11.3. The van der Waals surface area contributed by atoms with E-state index < -0.39 is 11.7 Å². The third kappa shape index (κ3) is 5.74. The standard InChI is InChI=1S/C22H25ClF3N3O3/c23-17-6-5-16(11-18(17)24)31-12-19(30)27-15-3-1-13(2-4-15)20-28-29-21(32-20)14-7-9-22(25,26)10-8-14/h5-6,11,13-15H,1-4,7-10,12H2,(H,27,30). The molecule has 2 saturated carbocycles. The molecule has 1 aromatic carbocycles. The van der Waals surface area contributed by atoms with Gasteiger partial charge in [-0.05, 0) is 50.7 Å². The number of benzene rings is 1. The van der Waals surface area contributed by atoms with Crippen LogP contribution in [0.2, 0.25) is 5.02 Å². The number of nitrogens with one attached hydrogen (secondary N) is 1. The molecule has 1 amide bonds. The minimum absolute atomic E-state index is 0.00673. The van der Waals surface area contributed by atoms with Gasteiger partial charge in [-0.1, -0.05) is 11.6 Å². The van der Waals surface area contributed by atoms with Gasteiger partial charge in [-0.15, -0.1) is 10.2 Å². The van der Waals surface area contributed by atoms with Gasteiger partial charge in [0.1, 0.15) is 11.6 Å². The Bertz CT molecular complexity index is 937. The van der Waals surface area contributed by atoms with Crippen LogP contribution in [0.5, 0.6) is 5.75 Å². The number of carbonyl (C=O) groups excluding carboxylic acids is 1. The van der Waals surface area contributed by atoms with Gasteiger partial charge in [-0.25, -0.2) is 13.2 Å². The fourth-order valence-corrected chi connectivity index (χ4v) is 4.45. The Balaban J connectivity index is 1.21. The molecular weight excluding hydrogens is 447 g/mol. The summed E-state index contributed by atoms with van der Waals surface area (Å²) in [7, 11) is 0. The molecule has 4 rings (SSSR count). The lowest BCUT2D eigenvalue weighted by atomic mass is 9.86. The average Bonchev–Trinajstić information content (AvgIpc) is 3.25. The molecule has 0 radical (unpaired) electrons. The number of ether oxygens (including phenoxy) is 1. The van der Waals surface area contributed by atoms with Crippen LogP contribution in [0.25, 0.3) is 0 Å². The fourth-order valence-electron chi connectivity index (χ4n) is 4.33. The molecule has 32 heavy (non-hydrogen) atoms. The molecule has 0 bridgehead atoms. The highest BCUT2D eigenvalue weighted by Crippen LogP contribution is 2.41. The first-order valence-electron chi connectivity index (χ1n) is 10.9. The maximum absolute atomic E-state index is 13.4. The van der Waals surface area contributed by atoms with Crippen molar-refractivity contribution in [3.05, 3.63) is 40.8 Å². The normalized spacial score (nSPS) is 23.6. The van der Waals surface area contributed by atoms with Crippen LogP contribution in [0, 0.1) is 5.82 Å². The highest BCUT2D eigenvalue weighted by Gasteiger charge is 2.37. The van der Waals surface area contributed by atoms with E-state index in [4.69, 9.17) is 20.8 Å². The van der Waals surface area contributed by atoms with Gasteiger partial charge in [0, 0.05) is 36.8 Å². The van der Waals surface area contributed by atoms with Crippen molar-refractivity contribution in [3.63, 3.8) is 0 Å². The van der Waals surface area contributed by atoms with E-state index in [0.29, 0.717) is 24.6 Å². The van der Waals surface area contributed by atoms with Gasteiger partial charge in [-0.2, -0.15) is 0 Å². The molecule has 0 saturated heterocycles. The Hall–Kier alpha value is -2.29. The van der Waals surface area contributed by atoms with Gasteiger partial charge < -0.3 is 14.5 Å². The Morgan fingerprint density at radius 1 is 1.09 bits per heavy atom. The van der Waals surface area contributed by atoms with Crippen LogP contribution in [-0.4, -0.2) is 34.7 Å². The Morgan fingerprint density at radius 3 is 2.34 bits per heavy atom. The SMILES string of the molecule is O=C(COc1ccc(Cl)c(F)c1)NC1CCC(c2nnc(C3CCC(F)(F)CC3)o2)CC1. The van der Waals surface area contributed by atoms with Crippen molar-refractivity contribution in [2.45, 2.75) is 75.2 Å². The number of aromatic nitrogens is 2. The molecule has 10 heteroatoms. The molecule has 1 N–H and O–H groups in total. The maximum Gasteiger partial charge on any atom is 0.258 e. The molecule has 2 aliphatic carbocycles. The van der Waals surface area contributed by atoms with Gasteiger partial charge in [0.25, 0.3) is 5.91 Å². The van der Waals surface area contributed by atoms with Crippen molar-refractivity contribution in [1.82, 2.24) is 15.5 Å². The highest BCUT2D eigenvalue weighted by atomic mass is 35.5. The third-order valence-corrected chi connectivity index (χ3v) is 6.53. The van der Waals surface area contributed by atoms with Gasteiger partial charge >= 0.3 is 0 Å². The molecule has 0 unspecified atom stereocenters. The van der Waals surface area contributed by atoms with Crippen molar-refractivity contribution in [2.75, 3.05) is 6.61 Å². The van der Waals surface area contributed by atoms with Crippen LogP contribution in [0.3, 0.4) is 0 Å². The van der Waals surface area contributed by atoms with E-state index in [1.165, 1.54) is 12.1 Å². The second kappa shape index (κ2) is 9.68. The summed E-state index contributed by atoms with van der Waals surface area (Å²) in [4.78, 5) is 12.2. The molecule has 0 aliphatic heterocycles. The molecule has 2 aliphatic rings. The lowest BCUT2D eigenvalue weighted by Crippen LogP contribution is -2.39. The summed E-state index contributed by atoms with van der Waals surface area (Å²) in [5.41, 5.74) is 0. The number of carbonyl (C=O) groups is 1. The molecule has 2 aromatic rings. The largest absolute Gasteiger partial charge is 0.484 e. The fraction of sp³-hybridized carbons (Fsp3) is 0.591. The molecule has 2 fully saturated rings. The number of rotatable bonds is 6. The second-order valence-corrected chi connectivity index (χ2v) is 9.00. The van der Waals surface area contributed by atoms with E-state index in [-0.39, 0.29) is 54.0 Å². The van der Waals surface area contributed by atoms with Crippen LogP contribution in [0.15, 0.2) is 22.6 Å². The van der Waals surface area contributed by atoms with E-state index in [9.17, 15) is 18.0 Å². The van der Waals surface area contributed by atoms with Crippen molar-refractivity contribution in [3.8, 4) is 5.75 Å². The minimum Gasteiger partial charge on any atom is -0.484 e. The lowest BCUT2D eigenvalue weighted by molar-refractivity contribution is -0.124. The van der Waals surface area contributed by atoms with E-state index in [1.807, 2.05) is 0 Å². The lowest BCUT2D eigenvalue weighted by Gasteiger charge is -2.27. The van der Waals surface area contributed by atoms with Gasteiger partial charge in [-0.3, -0.25) is 4.79 Å². The third-order valence-electron chi connectivity index (χ3n) is 6.23. The minimum atomic E-state index is -2.59. The van der Waals surface area contributed by atoms with Gasteiger partial charge in [0.05, 0.1) is 5.02 Å². The summed E-state index contributed by atoms with van der Waals surface area (Å²) in [6.45, 7) is -0.214. The summed E-state index contributed by atoms with van der Waals surface area (Å²) < 4.78 is 51.3. The number of amides is 1. The molecule has 174 valence electrons. The van der Waals surface area contributed by atoms with Crippen LogP contribution >= 0.6 is 11.6 Å². The molecular formula is C22H25ClF3N3O3. The summed E-state index contributed by atoms with van der Waals surface area (Å²) in [6, 6.07) is 4.02. The Labute approximate surface area is 188 Å². The topological polar surface area (TPSA) is 77.2 Å². The average molecular weight is 472 g/mol. The molecule has 0 atom stereocenters. The van der Waals surface area contributed by atoms with Crippen molar-refractivity contribution < 1.29 is 27.1 Å². The van der Waals surface area contributed by atoms with Crippen molar-refractivity contribution in [2.24, 2.45) is 0 Å². The predicted molar refractivity (Wildman–Crippen MR) is 110 cm³/mol. The van der Waals surface area contributed by atoms with E-state index >= 15 is 0 Å². The molecule has 6 nitrogen and oxygen atoms in total. The zero-order valence-corrected chi connectivity index (χ0v) is 18.2. The van der Waals surface area contributed by atoms with E-state index in [0.717, 1.165) is 31.7 Å². The first kappa shape index (κ1) is 22.9. The van der Waals surface area contributed by atoms with Crippen LogP contribution in [0.1, 0.15) is 75.0 Å². The molecule has 1 heterocycles. The number of halogens is 4. The number of alkyl halides is 2. The molecule has 0 spiro atoms. The summed E-state index contributed by atoms with van der Waals surface area (Å²) >= 11 is 5.63. The number of hydrogen-bond acceptors (Lipinski definition) is 5. The van der Waals surface area contributed by atoms with E-state index in [1.54, 1.807) is 0 Å². The van der Waals surface area contributed by atoms with Crippen molar-refractivity contribution >= 4 is 17.5 Å². The van der Waals surface area contributed by atoms with Crippen LogP contribution in [0.4, 0.5) is 13.2 Å². The quantitative estimate of drug-likeness (QED) is 0.612. The summed E-state index contributed by atoms with van der Waals surface area (Å²) in [5.74, 6) is -2.22. The second-order valence-electron chi connectivity index (χ2n) is 8.59. The van der Waals surface area contributed by atoms with Gasteiger partial charge in [0.2, 0.25) is 17.7 Å².